The van der Waals surface area contributed by atoms with Gasteiger partial charge in [-0.05, 0) is 12.3 Å². The van der Waals surface area contributed by atoms with E-state index in [0.717, 1.165) is 5.03 Å². The van der Waals surface area contributed by atoms with Gasteiger partial charge >= 0.3 is 5.97 Å². The maximum Gasteiger partial charge on any atom is 0.339 e. The van der Waals surface area contributed by atoms with Crippen LogP contribution in [0, 0.1) is 0 Å². The number of carboxylic acid groups (broad SMARTS) is 1. The molecular weight excluding hydrogens is 226 g/mol. The molecule has 0 unspecified atom stereocenters. The predicted molar refractivity (Wildman–Crippen MR) is 63.1 cm³/mol. The van der Waals surface area contributed by atoms with E-state index in [9.17, 15) is 4.79 Å². The summed E-state index contributed by atoms with van der Waals surface area (Å²) < 4.78 is 0. The zero-order valence-corrected chi connectivity index (χ0v) is 10.2. The largest absolute Gasteiger partial charge is 0.478 e. The molecule has 0 spiro atoms. The van der Waals surface area contributed by atoms with Crippen molar-refractivity contribution < 1.29 is 9.90 Å². The maximum absolute atomic E-state index is 11.1. The average molecular weight is 239 g/mol. The third kappa shape index (κ3) is 3.23. The van der Waals surface area contributed by atoms with Crippen LogP contribution in [0.4, 0.5) is 0 Å². The molecular formula is C10H13N3O2S. The second-order valence-electron chi connectivity index (χ2n) is 3.26. The van der Waals surface area contributed by atoms with Crippen LogP contribution in [0.3, 0.4) is 0 Å². The van der Waals surface area contributed by atoms with Gasteiger partial charge in [-0.3, -0.25) is 0 Å². The summed E-state index contributed by atoms with van der Waals surface area (Å²) in [6.45, 7) is 0. The van der Waals surface area contributed by atoms with Crippen molar-refractivity contribution in [1.82, 2.24) is 14.9 Å². The molecule has 5 nitrogen and oxygen atoms in total. The molecule has 0 aromatic carbocycles. The van der Waals surface area contributed by atoms with Crippen LogP contribution in [0.2, 0.25) is 0 Å². The Morgan fingerprint density at radius 3 is 2.69 bits per heavy atom. The number of aliphatic carboxylic acids is 1. The zero-order valence-electron chi connectivity index (χ0n) is 9.34. The van der Waals surface area contributed by atoms with Crippen molar-refractivity contribution in [3.63, 3.8) is 0 Å². The van der Waals surface area contributed by atoms with Crippen LogP contribution < -0.4 is 0 Å². The van der Waals surface area contributed by atoms with Crippen molar-refractivity contribution in [2.24, 2.45) is 0 Å². The Labute approximate surface area is 98.2 Å². The first-order valence-corrected chi connectivity index (χ1v) is 5.75. The van der Waals surface area contributed by atoms with Gasteiger partial charge in [-0.1, -0.05) is 0 Å². The molecule has 0 fully saturated rings. The Morgan fingerprint density at radius 2 is 2.19 bits per heavy atom. The molecule has 0 aliphatic rings. The normalized spacial score (nSPS) is 11.3. The first kappa shape index (κ1) is 12.5. The summed E-state index contributed by atoms with van der Waals surface area (Å²) in [6.07, 6.45) is 4.77. The lowest BCUT2D eigenvalue weighted by molar-refractivity contribution is -0.130. The fraction of sp³-hybridized carbons (Fsp3) is 0.300. The molecule has 0 saturated carbocycles. The fourth-order valence-corrected chi connectivity index (χ4v) is 1.47. The van der Waals surface area contributed by atoms with E-state index in [4.69, 9.17) is 5.11 Å². The van der Waals surface area contributed by atoms with Gasteiger partial charge in [0, 0.05) is 20.3 Å². The molecule has 6 heteroatoms. The number of hydrogen-bond donors (Lipinski definition) is 1. The van der Waals surface area contributed by atoms with E-state index in [-0.39, 0.29) is 5.57 Å². The van der Waals surface area contributed by atoms with Crippen LogP contribution in [-0.4, -0.2) is 46.3 Å². The van der Waals surface area contributed by atoms with Crippen LogP contribution in [0.1, 0.15) is 5.69 Å². The van der Waals surface area contributed by atoms with Gasteiger partial charge in [0.25, 0.3) is 0 Å². The van der Waals surface area contributed by atoms with Gasteiger partial charge in [-0.15, -0.1) is 11.8 Å². The van der Waals surface area contributed by atoms with E-state index in [0.29, 0.717) is 5.69 Å². The smallest absolute Gasteiger partial charge is 0.339 e. The number of carbonyl (C=O) groups is 1. The maximum atomic E-state index is 11.1. The summed E-state index contributed by atoms with van der Waals surface area (Å²) in [5.41, 5.74) is 0.572. The Hall–Kier alpha value is -1.56. The minimum absolute atomic E-state index is 0.155. The number of hydrogen-bond acceptors (Lipinski definition) is 5. The highest BCUT2D eigenvalue weighted by molar-refractivity contribution is 7.98. The fourth-order valence-electron chi connectivity index (χ4n) is 1.09. The van der Waals surface area contributed by atoms with Crippen LogP contribution in [-0.2, 0) is 4.79 Å². The molecule has 0 radical (unpaired) electrons. The molecule has 1 rings (SSSR count). The Bertz CT molecular complexity index is 418. The van der Waals surface area contributed by atoms with Crippen molar-refractivity contribution in [2.75, 3.05) is 20.4 Å². The molecule has 1 aromatic heterocycles. The van der Waals surface area contributed by atoms with Crippen LogP contribution in [0.5, 0.6) is 0 Å². The number of rotatable bonds is 4. The number of nitrogens with zero attached hydrogens (tertiary/aromatic N) is 3. The van der Waals surface area contributed by atoms with E-state index in [2.05, 4.69) is 9.97 Å². The van der Waals surface area contributed by atoms with Gasteiger partial charge in [0.2, 0.25) is 0 Å². The topological polar surface area (TPSA) is 66.3 Å². The lowest BCUT2D eigenvalue weighted by Crippen LogP contribution is -2.09. The third-order valence-corrected chi connectivity index (χ3v) is 2.39. The van der Waals surface area contributed by atoms with Gasteiger partial charge < -0.3 is 10.0 Å². The standard InChI is InChI=1S/C10H13N3O2S/c1-13(2)5-7(10(14)15)8-4-9(16-3)12-6-11-8/h4-6H,1-3H3,(H,14,15)/b7-5+. The first-order valence-electron chi connectivity index (χ1n) is 4.52. The van der Waals surface area contributed by atoms with E-state index < -0.39 is 5.97 Å². The van der Waals surface area contributed by atoms with Crippen molar-refractivity contribution in [3.8, 4) is 0 Å². The van der Waals surface area contributed by atoms with Gasteiger partial charge in [-0.2, -0.15) is 0 Å². The highest BCUT2D eigenvalue weighted by Gasteiger charge is 2.13. The molecule has 1 aromatic rings. The zero-order chi connectivity index (χ0) is 12.1. The lowest BCUT2D eigenvalue weighted by Gasteiger charge is -2.08. The second kappa shape index (κ2) is 5.50. The first-order chi connectivity index (χ1) is 7.54. The molecule has 1 heterocycles. The quantitative estimate of drug-likeness (QED) is 0.483. The minimum Gasteiger partial charge on any atom is -0.478 e. The number of thioether (sulfide) groups is 1. The summed E-state index contributed by atoms with van der Waals surface area (Å²) in [4.78, 5) is 20.7. The minimum atomic E-state index is -1.00. The highest BCUT2D eigenvalue weighted by atomic mass is 32.2. The highest BCUT2D eigenvalue weighted by Crippen LogP contribution is 2.17. The van der Waals surface area contributed by atoms with Crippen LogP contribution >= 0.6 is 11.8 Å². The molecule has 0 aliphatic carbocycles. The van der Waals surface area contributed by atoms with Crippen molar-refractivity contribution in [2.45, 2.75) is 5.03 Å². The Balaban J connectivity index is 3.16. The predicted octanol–water partition coefficient (Wildman–Crippen LogP) is 1.19. The summed E-state index contributed by atoms with van der Waals surface area (Å²) in [7, 11) is 3.53. The Kier molecular flexibility index (Phi) is 4.30. The Morgan fingerprint density at radius 1 is 1.50 bits per heavy atom. The number of aromatic nitrogens is 2. The molecule has 86 valence electrons. The third-order valence-electron chi connectivity index (χ3n) is 1.74. The number of carboxylic acids is 1. The van der Waals surface area contributed by atoms with Gasteiger partial charge in [-0.25, -0.2) is 14.8 Å². The van der Waals surface area contributed by atoms with Gasteiger partial charge in [0.05, 0.1) is 10.7 Å². The van der Waals surface area contributed by atoms with E-state index >= 15 is 0 Å². The molecule has 16 heavy (non-hydrogen) atoms. The molecule has 0 amide bonds. The van der Waals surface area contributed by atoms with Crippen LogP contribution in [0.25, 0.3) is 5.57 Å². The summed E-state index contributed by atoms with van der Waals surface area (Å²) in [6, 6.07) is 1.66. The lowest BCUT2D eigenvalue weighted by atomic mass is 10.2. The van der Waals surface area contributed by atoms with E-state index in [1.165, 1.54) is 24.3 Å². The molecule has 1 N–H and O–H groups in total. The van der Waals surface area contributed by atoms with Crippen LogP contribution in [0.15, 0.2) is 23.6 Å². The molecule has 0 saturated heterocycles. The van der Waals surface area contributed by atoms with Crippen molar-refractivity contribution in [1.29, 1.82) is 0 Å². The summed E-state index contributed by atoms with van der Waals surface area (Å²) >= 11 is 1.45. The monoisotopic (exact) mass is 239 g/mol. The van der Waals surface area contributed by atoms with E-state index in [1.54, 1.807) is 25.1 Å². The van der Waals surface area contributed by atoms with Gasteiger partial charge in [0.1, 0.15) is 11.9 Å². The molecule has 0 atom stereocenters. The second-order valence-corrected chi connectivity index (χ2v) is 4.08. The molecule has 0 aliphatic heterocycles. The average Bonchev–Trinajstić information content (AvgIpc) is 2.25. The summed E-state index contributed by atoms with van der Waals surface area (Å²) in [5, 5.41) is 9.82. The van der Waals surface area contributed by atoms with E-state index in [1.807, 2.05) is 6.26 Å². The van der Waals surface area contributed by atoms with Crippen molar-refractivity contribution >= 4 is 23.3 Å². The molecule has 0 bridgehead atoms. The SMILES string of the molecule is CSc1cc(/C(=C\N(C)C)C(=O)O)ncn1. The van der Waals surface area contributed by atoms with Crippen molar-refractivity contribution in [3.05, 3.63) is 24.3 Å². The van der Waals surface area contributed by atoms with Gasteiger partial charge in [0.15, 0.2) is 0 Å². The summed E-state index contributed by atoms with van der Waals surface area (Å²) in [5.74, 6) is -1.00.